The van der Waals surface area contributed by atoms with Crippen molar-refractivity contribution in [3.63, 3.8) is 0 Å². The first-order valence-electron chi connectivity index (χ1n) is 5.79. The molecule has 3 nitrogen and oxygen atoms in total. The Morgan fingerprint density at radius 3 is 2.76 bits per heavy atom. The number of benzene rings is 1. The lowest BCUT2D eigenvalue weighted by Gasteiger charge is -2.10. The van der Waals surface area contributed by atoms with Crippen LogP contribution in [0.4, 0.5) is 5.69 Å². The molecule has 0 atom stereocenters. The van der Waals surface area contributed by atoms with E-state index in [1.807, 2.05) is 25.1 Å². The van der Waals surface area contributed by atoms with Gasteiger partial charge < -0.3 is 10.6 Å². The molecule has 0 radical (unpaired) electrons. The minimum Gasteiger partial charge on any atom is -0.326 e. The Labute approximate surface area is 108 Å². The van der Waals surface area contributed by atoms with Gasteiger partial charge in [-0.05, 0) is 24.6 Å². The third-order valence-electron chi connectivity index (χ3n) is 2.45. The molecule has 2 N–H and O–H groups in total. The molecule has 1 aromatic carbocycles. The van der Waals surface area contributed by atoms with E-state index in [-0.39, 0.29) is 5.91 Å². The maximum absolute atomic E-state index is 11.7. The summed E-state index contributed by atoms with van der Waals surface area (Å²) in [5.41, 5.74) is 1.69. The van der Waals surface area contributed by atoms with Crippen LogP contribution >= 0.6 is 11.6 Å². The van der Waals surface area contributed by atoms with E-state index in [1.54, 1.807) is 0 Å². The molecule has 0 aliphatic rings. The molecule has 4 heteroatoms. The molecule has 0 unspecified atom stereocenters. The predicted octanol–water partition coefficient (Wildman–Crippen LogP) is 2.98. The number of amides is 1. The molecular weight excluding hydrogens is 236 g/mol. The van der Waals surface area contributed by atoms with Crippen LogP contribution in [-0.4, -0.2) is 18.5 Å². The number of halogens is 1. The van der Waals surface area contributed by atoms with Gasteiger partial charge in [-0.25, -0.2) is 0 Å². The van der Waals surface area contributed by atoms with E-state index < -0.39 is 0 Å². The minimum atomic E-state index is 0.00326. The summed E-state index contributed by atoms with van der Waals surface area (Å²) >= 11 is 5.98. The topological polar surface area (TPSA) is 41.1 Å². The van der Waals surface area contributed by atoms with Gasteiger partial charge in [0.15, 0.2) is 0 Å². The van der Waals surface area contributed by atoms with Gasteiger partial charge in [0.1, 0.15) is 0 Å². The second kappa shape index (κ2) is 6.62. The maximum atomic E-state index is 11.7. The molecule has 0 aliphatic heterocycles. The zero-order valence-corrected chi connectivity index (χ0v) is 11.3. The summed E-state index contributed by atoms with van der Waals surface area (Å²) in [6.45, 7) is 6.69. The van der Waals surface area contributed by atoms with Crippen LogP contribution in [0.3, 0.4) is 0 Å². The average molecular weight is 255 g/mol. The van der Waals surface area contributed by atoms with Crippen LogP contribution in [0.25, 0.3) is 0 Å². The van der Waals surface area contributed by atoms with E-state index in [9.17, 15) is 4.79 Å². The molecule has 1 aromatic rings. The summed E-state index contributed by atoms with van der Waals surface area (Å²) in [6.07, 6.45) is 0.462. The van der Waals surface area contributed by atoms with Crippen LogP contribution in [0.2, 0.25) is 5.02 Å². The van der Waals surface area contributed by atoms with Crippen molar-refractivity contribution in [2.75, 3.05) is 11.9 Å². The largest absolute Gasteiger partial charge is 0.326 e. The average Bonchev–Trinajstić information content (AvgIpc) is 2.24. The maximum Gasteiger partial charge on any atom is 0.225 e. The second-order valence-electron chi connectivity index (χ2n) is 4.32. The van der Waals surface area contributed by atoms with E-state index in [1.165, 1.54) is 0 Å². The molecule has 0 fully saturated rings. The Morgan fingerprint density at radius 1 is 1.41 bits per heavy atom. The van der Waals surface area contributed by atoms with Crippen molar-refractivity contribution in [1.29, 1.82) is 0 Å². The Hall–Kier alpha value is -1.06. The highest BCUT2D eigenvalue weighted by Gasteiger charge is 2.06. The monoisotopic (exact) mass is 254 g/mol. The Kier molecular flexibility index (Phi) is 5.45. The Morgan fingerprint density at radius 2 is 2.12 bits per heavy atom. The van der Waals surface area contributed by atoms with E-state index in [0.29, 0.717) is 24.0 Å². The number of anilines is 1. The quantitative estimate of drug-likeness (QED) is 0.848. The molecule has 0 bridgehead atoms. The van der Waals surface area contributed by atoms with Gasteiger partial charge in [-0.2, -0.15) is 0 Å². The second-order valence-corrected chi connectivity index (χ2v) is 4.73. The predicted molar refractivity (Wildman–Crippen MR) is 72.6 cm³/mol. The Bertz CT molecular complexity index is 391. The van der Waals surface area contributed by atoms with Crippen LogP contribution in [0, 0.1) is 6.92 Å². The lowest BCUT2D eigenvalue weighted by Crippen LogP contribution is -2.27. The van der Waals surface area contributed by atoms with Crippen molar-refractivity contribution in [2.24, 2.45) is 0 Å². The summed E-state index contributed by atoms with van der Waals surface area (Å²) < 4.78 is 0. The lowest BCUT2D eigenvalue weighted by molar-refractivity contribution is -0.116. The summed E-state index contributed by atoms with van der Waals surface area (Å²) in [7, 11) is 0. The smallest absolute Gasteiger partial charge is 0.225 e. The molecule has 0 spiro atoms. The molecule has 94 valence electrons. The summed E-state index contributed by atoms with van der Waals surface area (Å²) in [5.74, 6) is 0.00326. The number of hydrogen-bond donors (Lipinski definition) is 2. The lowest BCUT2D eigenvalue weighted by atomic mass is 10.2. The molecular formula is C13H19ClN2O. The van der Waals surface area contributed by atoms with E-state index in [4.69, 9.17) is 11.6 Å². The van der Waals surface area contributed by atoms with Crippen LogP contribution < -0.4 is 10.6 Å². The van der Waals surface area contributed by atoms with Crippen LogP contribution in [0.5, 0.6) is 0 Å². The van der Waals surface area contributed by atoms with Gasteiger partial charge in [0.2, 0.25) is 5.91 Å². The van der Waals surface area contributed by atoms with Crippen LogP contribution in [0.1, 0.15) is 25.8 Å². The summed E-state index contributed by atoms with van der Waals surface area (Å²) in [4.78, 5) is 11.7. The SMILES string of the molecule is Cc1c(Cl)cccc1NC(=O)CCNC(C)C. The summed E-state index contributed by atoms with van der Waals surface area (Å²) in [6, 6.07) is 5.90. The van der Waals surface area contributed by atoms with Crippen LogP contribution in [-0.2, 0) is 4.79 Å². The minimum absolute atomic E-state index is 0.00326. The van der Waals surface area contributed by atoms with Crippen molar-refractivity contribution in [2.45, 2.75) is 33.2 Å². The van der Waals surface area contributed by atoms with Crippen molar-refractivity contribution < 1.29 is 4.79 Å². The number of carbonyl (C=O) groups excluding carboxylic acids is 1. The number of hydrogen-bond acceptors (Lipinski definition) is 2. The standard InChI is InChI=1S/C13H19ClN2O/c1-9(2)15-8-7-13(17)16-12-6-4-5-11(14)10(12)3/h4-6,9,15H,7-8H2,1-3H3,(H,16,17). The number of rotatable bonds is 5. The van der Waals surface area contributed by atoms with Gasteiger partial charge in [-0.3, -0.25) is 4.79 Å². The Balaban J connectivity index is 2.48. The fourth-order valence-corrected chi connectivity index (χ4v) is 1.60. The van der Waals surface area contributed by atoms with E-state index >= 15 is 0 Å². The summed E-state index contributed by atoms with van der Waals surface area (Å²) in [5, 5.41) is 6.73. The number of carbonyl (C=O) groups is 1. The van der Waals surface area contributed by atoms with E-state index in [0.717, 1.165) is 11.3 Å². The fourth-order valence-electron chi connectivity index (χ4n) is 1.43. The van der Waals surface area contributed by atoms with Crippen LogP contribution in [0.15, 0.2) is 18.2 Å². The van der Waals surface area contributed by atoms with Crippen molar-refractivity contribution in [3.8, 4) is 0 Å². The molecule has 0 saturated carbocycles. The molecule has 1 rings (SSSR count). The van der Waals surface area contributed by atoms with Gasteiger partial charge in [0.25, 0.3) is 0 Å². The first-order chi connectivity index (χ1) is 8.00. The first-order valence-corrected chi connectivity index (χ1v) is 6.17. The van der Waals surface area contributed by atoms with Gasteiger partial charge >= 0.3 is 0 Å². The highest BCUT2D eigenvalue weighted by Crippen LogP contribution is 2.22. The molecule has 1 amide bonds. The normalized spacial score (nSPS) is 10.6. The van der Waals surface area contributed by atoms with Gasteiger partial charge in [0, 0.05) is 29.7 Å². The molecule has 0 aliphatic carbocycles. The highest BCUT2D eigenvalue weighted by molar-refractivity contribution is 6.31. The fraction of sp³-hybridized carbons (Fsp3) is 0.462. The molecule has 17 heavy (non-hydrogen) atoms. The third kappa shape index (κ3) is 4.75. The van der Waals surface area contributed by atoms with E-state index in [2.05, 4.69) is 24.5 Å². The van der Waals surface area contributed by atoms with Gasteiger partial charge in [-0.1, -0.05) is 31.5 Å². The zero-order chi connectivity index (χ0) is 12.8. The third-order valence-corrected chi connectivity index (χ3v) is 2.86. The van der Waals surface area contributed by atoms with Crippen molar-refractivity contribution in [3.05, 3.63) is 28.8 Å². The molecule has 0 aromatic heterocycles. The number of nitrogens with one attached hydrogen (secondary N) is 2. The van der Waals surface area contributed by atoms with Crippen molar-refractivity contribution >= 4 is 23.2 Å². The molecule has 0 saturated heterocycles. The van der Waals surface area contributed by atoms with Crippen molar-refractivity contribution in [1.82, 2.24) is 5.32 Å². The first kappa shape index (κ1) is 14.0. The van der Waals surface area contributed by atoms with Gasteiger partial charge in [0.05, 0.1) is 0 Å². The van der Waals surface area contributed by atoms with Gasteiger partial charge in [-0.15, -0.1) is 0 Å². The molecule has 0 heterocycles. The zero-order valence-electron chi connectivity index (χ0n) is 10.5. The highest BCUT2D eigenvalue weighted by atomic mass is 35.5.